The first-order valence-corrected chi connectivity index (χ1v) is 6.14. The van der Waals surface area contributed by atoms with E-state index in [0.717, 1.165) is 22.4 Å². The molecule has 0 saturated heterocycles. The molecule has 5 heteroatoms. The Morgan fingerprint density at radius 2 is 1.84 bits per heavy atom. The average molecular weight is 271 g/mol. The van der Waals surface area contributed by atoms with Crippen LogP contribution in [0.5, 0.6) is 0 Å². The van der Waals surface area contributed by atoms with Crippen molar-refractivity contribution < 1.29 is 0 Å². The maximum Gasteiger partial charge on any atom is 0.129 e. The van der Waals surface area contributed by atoms with E-state index in [1.165, 1.54) is 0 Å². The van der Waals surface area contributed by atoms with Crippen LogP contribution in [0.4, 0.5) is 5.82 Å². The quantitative estimate of drug-likeness (QED) is 0.702. The zero-order valence-corrected chi connectivity index (χ0v) is 10.7. The molecule has 0 bridgehead atoms. The molecular weight excluding hydrogens is 260 g/mol. The van der Waals surface area contributed by atoms with Crippen LogP contribution < -0.4 is 5.73 Å². The Bertz CT molecular complexity index is 706. The van der Waals surface area contributed by atoms with Gasteiger partial charge in [0.15, 0.2) is 0 Å². The third-order valence-electron chi connectivity index (χ3n) is 2.86. The van der Waals surface area contributed by atoms with Crippen LogP contribution in [-0.2, 0) is 0 Å². The predicted octanol–water partition coefficient (Wildman–Crippen LogP) is 3.37. The molecular formula is C14H11ClN4. The molecule has 0 spiro atoms. The van der Waals surface area contributed by atoms with E-state index in [2.05, 4.69) is 15.2 Å². The number of hydrogen-bond donors (Lipinski definition) is 2. The van der Waals surface area contributed by atoms with Gasteiger partial charge in [0.2, 0.25) is 0 Å². The number of H-pyrrole nitrogens is 1. The highest BCUT2D eigenvalue weighted by molar-refractivity contribution is 6.29. The van der Waals surface area contributed by atoms with E-state index in [9.17, 15) is 0 Å². The number of aromatic nitrogens is 3. The van der Waals surface area contributed by atoms with Crippen LogP contribution in [0.2, 0.25) is 5.15 Å². The molecule has 0 radical (unpaired) electrons. The van der Waals surface area contributed by atoms with Gasteiger partial charge in [-0.15, -0.1) is 0 Å². The van der Waals surface area contributed by atoms with Gasteiger partial charge in [0, 0.05) is 11.8 Å². The predicted molar refractivity (Wildman–Crippen MR) is 76.7 cm³/mol. The Labute approximate surface area is 115 Å². The summed E-state index contributed by atoms with van der Waals surface area (Å²) in [5, 5.41) is 7.51. The van der Waals surface area contributed by atoms with E-state index in [1.807, 2.05) is 36.4 Å². The molecule has 0 saturated carbocycles. The van der Waals surface area contributed by atoms with Crippen molar-refractivity contribution in [2.45, 2.75) is 0 Å². The lowest BCUT2D eigenvalue weighted by atomic mass is 10.0. The van der Waals surface area contributed by atoms with Gasteiger partial charge in [-0.3, -0.25) is 5.10 Å². The van der Waals surface area contributed by atoms with Crippen molar-refractivity contribution in [2.75, 3.05) is 5.73 Å². The summed E-state index contributed by atoms with van der Waals surface area (Å²) in [4.78, 5) is 3.97. The molecule has 0 aliphatic rings. The van der Waals surface area contributed by atoms with E-state index in [-0.39, 0.29) is 0 Å². The molecule has 0 fully saturated rings. The van der Waals surface area contributed by atoms with E-state index < -0.39 is 0 Å². The van der Waals surface area contributed by atoms with Gasteiger partial charge < -0.3 is 5.73 Å². The van der Waals surface area contributed by atoms with Crippen molar-refractivity contribution in [3.05, 3.63) is 53.8 Å². The molecule has 0 aliphatic carbocycles. The Morgan fingerprint density at radius 3 is 2.58 bits per heavy atom. The number of nitrogens with zero attached hydrogens (tertiary/aromatic N) is 2. The van der Waals surface area contributed by atoms with Gasteiger partial charge in [0.1, 0.15) is 16.7 Å². The second-order valence-electron chi connectivity index (χ2n) is 4.09. The van der Waals surface area contributed by atoms with Crippen molar-refractivity contribution in [2.24, 2.45) is 0 Å². The number of nitrogens with one attached hydrogen (secondary N) is 1. The van der Waals surface area contributed by atoms with Gasteiger partial charge in [-0.2, -0.15) is 5.10 Å². The van der Waals surface area contributed by atoms with Gasteiger partial charge in [0.25, 0.3) is 0 Å². The molecule has 4 nitrogen and oxygen atoms in total. The molecule has 2 aromatic heterocycles. The molecule has 0 aliphatic heterocycles. The summed E-state index contributed by atoms with van der Waals surface area (Å²) in [7, 11) is 0. The third-order valence-corrected chi connectivity index (χ3v) is 3.06. The maximum atomic E-state index is 5.98. The summed E-state index contributed by atoms with van der Waals surface area (Å²) >= 11 is 5.92. The van der Waals surface area contributed by atoms with Crippen molar-refractivity contribution in [3.63, 3.8) is 0 Å². The fourth-order valence-electron chi connectivity index (χ4n) is 2.01. The Hall–Kier alpha value is -2.33. The van der Waals surface area contributed by atoms with Gasteiger partial charge in [-0.05, 0) is 17.7 Å². The fourth-order valence-corrected chi connectivity index (χ4v) is 2.19. The second-order valence-corrected chi connectivity index (χ2v) is 4.48. The number of pyridine rings is 1. The lowest BCUT2D eigenvalue weighted by Gasteiger charge is -2.04. The normalized spacial score (nSPS) is 10.6. The second kappa shape index (κ2) is 4.74. The van der Waals surface area contributed by atoms with Crippen LogP contribution in [0.1, 0.15) is 0 Å². The van der Waals surface area contributed by atoms with Crippen LogP contribution in [-0.4, -0.2) is 15.2 Å². The van der Waals surface area contributed by atoms with E-state index in [0.29, 0.717) is 11.0 Å². The molecule has 3 aromatic rings. The molecule has 19 heavy (non-hydrogen) atoms. The van der Waals surface area contributed by atoms with E-state index >= 15 is 0 Å². The molecule has 94 valence electrons. The average Bonchev–Trinajstić information content (AvgIpc) is 2.82. The summed E-state index contributed by atoms with van der Waals surface area (Å²) in [6.45, 7) is 0. The number of hydrogen-bond acceptors (Lipinski definition) is 3. The summed E-state index contributed by atoms with van der Waals surface area (Å²) in [6.07, 6.45) is 1.65. The number of anilines is 1. The smallest absolute Gasteiger partial charge is 0.129 e. The SMILES string of the molecule is Nc1[nH]nc(-c2ccnc(Cl)c2)c1-c1ccccc1. The summed E-state index contributed by atoms with van der Waals surface area (Å²) in [5.74, 6) is 0.536. The van der Waals surface area contributed by atoms with Crippen LogP contribution in [0.15, 0.2) is 48.7 Å². The van der Waals surface area contributed by atoms with Gasteiger partial charge in [-0.1, -0.05) is 41.9 Å². The molecule has 0 atom stereocenters. The maximum absolute atomic E-state index is 5.98. The van der Waals surface area contributed by atoms with E-state index in [1.54, 1.807) is 12.3 Å². The highest BCUT2D eigenvalue weighted by atomic mass is 35.5. The van der Waals surface area contributed by atoms with Crippen LogP contribution in [0.3, 0.4) is 0 Å². The van der Waals surface area contributed by atoms with E-state index in [4.69, 9.17) is 17.3 Å². The number of nitrogens with two attached hydrogens (primary N) is 1. The first kappa shape index (κ1) is 11.7. The topological polar surface area (TPSA) is 67.6 Å². The Balaban J connectivity index is 2.19. The van der Waals surface area contributed by atoms with Gasteiger partial charge >= 0.3 is 0 Å². The number of halogens is 1. The first-order valence-electron chi connectivity index (χ1n) is 5.77. The third kappa shape index (κ3) is 2.18. The fraction of sp³-hybridized carbons (Fsp3) is 0. The minimum absolute atomic E-state index is 0.429. The summed E-state index contributed by atoms with van der Waals surface area (Å²) in [6, 6.07) is 13.5. The number of aromatic amines is 1. The lowest BCUT2D eigenvalue weighted by molar-refractivity contribution is 1.10. The largest absolute Gasteiger partial charge is 0.384 e. The summed E-state index contributed by atoms with van der Waals surface area (Å²) < 4.78 is 0. The standard InChI is InChI=1S/C14H11ClN4/c15-11-8-10(6-7-17-11)13-12(14(16)19-18-13)9-4-2-1-3-5-9/h1-8H,(H3,16,18,19). The van der Waals surface area contributed by atoms with Crippen LogP contribution in [0.25, 0.3) is 22.4 Å². The highest BCUT2D eigenvalue weighted by Crippen LogP contribution is 2.34. The van der Waals surface area contributed by atoms with Crippen LogP contribution in [0, 0.1) is 0 Å². The number of benzene rings is 1. The highest BCUT2D eigenvalue weighted by Gasteiger charge is 2.14. The zero-order valence-electron chi connectivity index (χ0n) is 9.97. The monoisotopic (exact) mass is 270 g/mol. The van der Waals surface area contributed by atoms with Crippen molar-refractivity contribution in [3.8, 4) is 22.4 Å². The molecule has 3 N–H and O–H groups in total. The Kier molecular flexibility index (Phi) is 2.93. The number of rotatable bonds is 2. The van der Waals surface area contributed by atoms with Gasteiger partial charge in [-0.25, -0.2) is 4.98 Å². The molecule has 2 heterocycles. The minimum Gasteiger partial charge on any atom is -0.384 e. The molecule has 0 unspecified atom stereocenters. The van der Waals surface area contributed by atoms with Crippen molar-refractivity contribution in [1.82, 2.24) is 15.2 Å². The zero-order chi connectivity index (χ0) is 13.2. The summed E-state index contributed by atoms with van der Waals surface area (Å²) in [5.41, 5.74) is 9.52. The molecule has 1 aromatic carbocycles. The van der Waals surface area contributed by atoms with Crippen molar-refractivity contribution in [1.29, 1.82) is 0 Å². The first-order chi connectivity index (χ1) is 9.25. The van der Waals surface area contributed by atoms with Crippen LogP contribution >= 0.6 is 11.6 Å². The molecule has 3 rings (SSSR count). The minimum atomic E-state index is 0.429. The Morgan fingerprint density at radius 1 is 1.05 bits per heavy atom. The number of nitrogen functional groups attached to an aromatic ring is 1. The lowest BCUT2D eigenvalue weighted by Crippen LogP contribution is -1.88. The molecule has 0 amide bonds. The van der Waals surface area contributed by atoms with Gasteiger partial charge in [0.05, 0.1) is 5.56 Å². The van der Waals surface area contributed by atoms with Crippen molar-refractivity contribution >= 4 is 17.4 Å².